The molecule has 0 aromatic heterocycles. The summed E-state index contributed by atoms with van der Waals surface area (Å²) in [5, 5.41) is 11.8. The van der Waals surface area contributed by atoms with E-state index >= 15 is 0 Å². The molecule has 1 aromatic carbocycles. The zero-order chi connectivity index (χ0) is 16.7. The van der Waals surface area contributed by atoms with Crippen molar-refractivity contribution in [1.29, 1.82) is 5.26 Å². The number of amides is 1. The predicted octanol–water partition coefficient (Wildman–Crippen LogP) is 1.87. The summed E-state index contributed by atoms with van der Waals surface area (Å²) in [7, 11) is 0. The average molecular weight is 316 g/mol. The molecule has 0 saturated heterocycles. The lowest BCUT2D eigenvalue weighted by Gasteiger charge is -2.21. The number of rotatable bonds is 6. The third-order valence-electron chi connectivity index (χ3n) is 3.76. The average Bonchev–Trinajstić information content (AvgIpc) is 3.00. The Kier molecular flexibility index (Phi) is 5.58. The molecule has 0 atom stereocenters. The lowest BCUT2D eigenvalue weighted by molar-refractivity contribution is -0.150. The van der Waals surface area contributed by atoms with Gasteiger partial charge in [-0.05, 0) is 50.3 Å². The maximum absolute atomic E-state index is 11.8. The predicted molar refractivity (Wildman–Crippen MR) is 82.6 cm³/mol. The number of nitrogens with zero attached hydrogens (tertiary/aromatic N) is 1. The van der Waals surface area contributed by atoms with Crippen molar-refractivity contribution in [3.8, 4) is 11.8 Å². The molecule has 1 fully saturated rings. The Morgan fingerprint density at radius 2 is 2.04 bits per heavy atom. The Morgan fingerprint density at radius 3 is 2.70 bits per heavy atom. The standard InChI is InChI=1S/C17H20N2O4/c1-13-5-4-6-14(9-13)22-11-16(21)23-10-15(20)19-17(12-18)7-2-3-8-17/h4-6,9H,2-3,7-8,10-11H2,1H3,(H,19,20). The monoisotopic (exact) mass is 316 g/mol. The molecular formula is C17H20N2O4. The van der Waals surface area contributed by atoms with Crippen LogP contribution >= 0.6 is 0 Å². The van der Waals surface area contributed by atoms with Gasteiger partial charge < -0.3 is 14.8 Å². The molecule has 1 aliphatic rings. The molecule has 0 unspecified atom stereocenters. The minimum atomic E-state index is -0.804. The van der Waals surface area contributed by atoms with Crippen LogP contribution in [0.3, 0.4) is 0 Å². The normalized spacial score (nSPS) is 15.5. The van der Waals surface area contributed by atoms with Gasteiger partial charge in [0.1, 0.15) is 11.3 Å². The Hall–Kier alpha value is -2.55. The molecule has 1 saturated carbocycles. The third-order valence-corrected chi connectivity index (χ3v) is 3.76. The zero-order valence-electron chi connectivity index (χ0n) is 13.1. The molecule has 23 heavy (non-hydrogen) atoms. The number of carbonyl (C=O) groups is 2. The lowest BCUT2D eigenvalue weighted by atomic mass is 10.00. The number of nitrogens with one attached hydrogen (secondary N) is 1. The first-order valence-corrected chi connectivity index (χ1v) is 7.60. The van der Waals surface area contributed by atoms with Crippen molar-refractivity contribution in [2.75, 3.05) is 13.2 Å². The summed E-state index contributed by atoms with van der Waals surface area (Å²) in [4.78, 5) is 23.4. The van der Waals surface area contributed by atoms with Crippen LogP contribution in [0.15, 0.2) is 24.3 Å². The van der Waals surface area contributed by atoms with E-state index in [9.17, 15) is 14.9 Å². The third kappa shape index (κ3) is 4.99. The first kappa shape index (κ1) is 16.8. The van der Waals surface area contributed by atoms with Crippen molar-refractivity contribution in [2.45, 2.75) is 38.1 Å². The van der Waals surface area contributed by atoms with Crippen LogP contribution < -0.4 is 10.1 Å². The lowest BCUT2D eigenvalue weighted by Crippen LogP contribution is -2.46. The molecule has 0 heterocycles. The summed E-state index contributed by atoms with van der Waals surface area (Å²) in [6.07, 6.45) is 3.11. The summed E-state index contributed by atoms with van der Waals surface area (Å²) in [6.45, 7) is 1.25. The Bertz CT molecular complexity index is 615. The fraction of sp³-hybridized carbons (Fsp3) is 0.471. The van der Waals surface area contributed by atoms with Gasteiger partial charge in [-0.2, -0.15) is 5.26 Å². The fourth-order valence-corrected chi connectivity index (χ4v) is 2.58. The highest BCUT2D eigenvalue weighted by atomic mass is 16.6. The molecule has 0 radical (unpaired) electrons. The van der Waals surface area contributed by atoms with E-state index in [1.807, 2.05) is 19.1 Å². The number of carbonyl (C=O) groups excluding carboxylic acids is 2. The van der Waals surface area contributed by atoms with Crippen LogP contribution in [-0.2, 0) is 14.3 Å². The second-order valence-corrected chi connectivity index (χ2v) is 5.72. The molecule has 1 N–H and O–H groups in total. The molecule has 0 aliphatic heterocycles. The minimum Gasteiger partial charge on any atom is -0.482 e. The van der Waals surface area contributed by atoms with E-state index in [1.54, 1.807) is 12.1 Å². The van der Waals surface area contributed by atoms with E-state index in [0.717, 1.165) is 18.4 Å². The van der Waals surface area contributed by atoms with Crippen molar-refractivity contribution >= 4 is 11.9 Å². The minimum absolute atomic E-state index is 0.264. The molecule has 1 aliphatic carbocycles. The number of benzene rings is 1. The van der Waals surface area contributed by atoms with Gasteiger partial charge in [0, 0.05) is 0 Å². The van der Waals surface area contributed by atoms with E-state index in [0.29, 0.717) is 18.6 Å². The molecule has 0 spiro atoms. The van der Waals surface area contributed by atoms with Crippen molar-refractivity contribution in [3.05, 3.63) is 29.8 Å². The van der Waals surface area contributed by atoms with Gasteiger partial charge in [0.2, 0.25) is 0 Å². The van der Waals surface area contributed by atoms with Gasteiger partial charge in [0.15, 0.2) is 13.2 Å². The Labute approximate surface area is 135 Å². The van der Waals surface area contributed by atoms with Gasteiger partial charge >= 0.3 is 5.97 Å². The number of esters is 1. The second-order valence-electron chi connectivity index (χ2n) is 5.72. The second kappa shape index (κ2) is 7.63. The first-order valence-electron chi connectivity index (χ1n) is 7.60. The summed E-state index contributed by atoms with van der Waals surface area (Å²) < 4.78 is 10.2. The van der Waals surface area contributed by atoms with E-state index < -0.39 is 24.0 Å². The van der Waals surface area contributed by atoms with E-state index in [-0.39, 0.29) is 6.61 Å². The smallest absolute Gasteiger partial charge is 0.344 e. The molecule has 122 valence electrons. The first-order chi connectivity index (χ1) is 11.0. The highest BCUT2D eigenvalue weighted by Gasteiger charge is 2.35. The Balaban J connectivity index is 1.71. The maximum atomic E-state index is 11.8. The van der Waals surface area contributed by atoms with Crippen LogP contribution in [0.25, 0.3) is 0 Å². The zero-order valence-corrected chi connectivity index (χ0v) is 13.1. The number of hydrogen-bond donors (Lipinski definition) is 1. The van der Waals surface area contributed by atoms with E-state index in [2.05, 4.69) is 11.4 Å². The van der Waals surface area contributed by atoms with Gasteiger partial charge in [-0.3, -0.25) is 4.79 Å². The van der Waals surface area contributed by atoms with Crippen LogP contribution in [-0.4, -0.2) is 30.6 Å². The highest BCUT2D eigenvalue weighted by molar-refractivity contribution is 5.81. The molecular weight excluding hydrogens is 296 g/mol. The maximum Gasteiger partial charge on any atom is 0.344 e. The van der Waals surface area contributed by atoms with Crippen LogP contribution in [0, 0.1) is 18.3 Å². The van der Waals surface area contributed by atoms with Crippen molar-refractivity contribution in [2.24, 2.45) is 0 Å². The largest absolute Gasteiger partial charge is 0.482 e. The van der Waals surface area contributed by atoms with Crippen LogP contribution in [0.4, 0.5) is 0 Å². The molecule has 1 amide bonds. The number of ether oxygens (including phenoxy) is 2. The SMILES string of the molecule is Cc1cccc(OCC(=O)OCC(=O)NC2(C#N)CCCC2)c1. The molecule has 6 heteroatoms. The molecule has 0 bridgehead atoms. The van der Waals surface area contributed by atoms with Crippen LogP contribution in [0.5, 0.6) is 5.75 Å². The molecule has 1 aromatic rings. The summed E-state index contributed by atoms with van der Waals surface area (Å²) in [6, 6.07) is 9.44. The number of hydrogen-bond acceptors (Lipinski definition) is 5. The fourth-order valence-electron chi connectivity index (χ4n) is 2.58. The molecule has 6 nitrogen and oxygen atoms in total. The van der Waals surface area contributed by atoms with E-state index in [4.69, 9.17) is 9.47 Å². The summed E-state index contributed by atoms with van der Waals surface area (Å²) in [5.41, 5.74) is 0.218. The number of nitriles is 1. The summed E-state index contributed by atoms with van der Waals surface area (Å²) >= 11 is 0. The van der Waals surface area contributed by atoms with Gasteiger partial charge in [-0.15, -0.1) is 0 Å². The van der Waals surface area contributed by atoms with Crippen LogP contribution in [0.1, 0.15) is 31.2 Å². The van der Waals surface area contributed by atoms with Crippen LogP contribution in [0.2, 0.25) is 0 Å². The Morgan fingerprint density at radius 1 is 1.30 bits per heavy atom. The van der Waals surface area contributed by atoms with Gasteiger partial charge in [0.25, 0.3) is 5.91 Å². The summed E-state index contributed by atoms with van der Waals surface area (Å²) in [5.74, 6) is -0.516. The van der Waals surface area contributed by atoms with Gasteiger partial charge in [-0.1, -0.05) is 12.1 Å². The van der Waals surface area contributed by atoms with Gasteiger partial charge in [-0.25, -0.2) is 4.79 Å². The molecule has 2 rings (SSSR count). The van der Waals surface area contributed by atoms with Gasteiger partial charge in [0.05, 0.1) is 6.07 Å². The topological polar surface area (TPSA) is 88.4 Å². The van der Waals surface area contributed by atoms with Crippen molar-refractivity contribution in [3.63, 3.8) is 0 Å². The number of aryl methyl sites for hydroxylation is 1. The van der Waals surface area contributed by atoms with E-state index in [1.165, 1.54) is 0 Å². The van der Waals surface area contributed by atoms with Crippen molar-refractivity contribution in [1.82, 2.24) is 5.32 Å². The van der Waals surface area contributed by atoms with Crippen molar-refractivity contribution < 1.29 is 19.1 Å². The quantitative estimate of drug-likeness (QED) is 0.809. The highest BCUT2D eigenvalue weighted by Crippen LogP contribution is 2.28.